The molecule has 29 heavy (non-hydrogen) atoms. The topological polar surface area (TPSA) is 39.2 Å². The van der Waals surface area contributed by atoms with Crippen molar-refractivity contribution in [1.29, 1.82) is 0 Å². The minimum absolute atomic E-state index is 0.0381. The number of pyridine rings is 1. The summed E-state index contributed by atoms with van der Waals surface area (Å²) >= 11 is 5.94. The first-order valence-electron chi connectivity index (χ1n) is 8.75. The Morgan fingerprint density at radius 3 is 2.31 bits per heavy atom. The number of halogens is 4. The van der Waals surface area contributed by atoms with E-state index in [2.05, 4.69) is 4.98 Å². The molecule has 0 saturated heterocycles. The number of Topliss-reactive ketones (excluding diaryl/α,β-unsaturated/α-hetero) is 1. The third-order valence-corrected chi connectivity index (χ3v) is 4.61. The van der Waals surface area contributed by atoms with E-state index in [0.717, 1.165) is 23.4 Å². The van der Waals surface area contributed by atoms with E-state index in [0.29, 0.717) is 17.0 Å². The second-order valence-corrected chi connectivity index (χ2v) is 6.96. The number of hydrogen-bond donors (Lipinski definition) is 0. The number of benzene rings is 2. The number of alkyl halides is 3. The molecule has 0 aliphatic rings. The van der Waals surface area contributed by atoms with Gasteiger partial charge in [0.05, 0.1) is 16.3 Å². The van der Waals surface area contributed by atoms with E-state index in [1.807, 2.05) is 19.1 Å². The Hall–Kier alpha value is -2.86. The SMILES string of the molecule is Cc1ccc(C(=O)COc2ccc(Cc3ncc(C(F)(F)F)cc3Cl)cc2)cc1. The minimum atomic E-state index is -4.48. The summed E-state index contributed by atoms with van der Waals surface area (Å²) in [6.07, 6.45) is -3.43. The van der Waals surface area contributed by atoms with E-state index < -0.39 is 11.7 Å². The number of rotatable bonds is 6. The van der Waals surface area contributed by atoms with Gasteiger partial charge in [0, 0.05) is 18.2 Å². The molecule has 0 radical (unpaired) electrons. The Labute approximate surface area is 171 Å². The van der Waals surface area contributed by atoms with Crippen LogP contribution in [0.4, 0.5) is 13.2 Å². The van der Waals surface area contributed by atoms with Crippen molar-refractivity contribution in [3.8, 4) is 5.75 Å². The summed E-state index contributed by atoms with van der Waals surface area (Å²) in [5.74, 6) is 0.385. The molecule has 150 valence electrons. The molecule has 3 rings (SSSR count). The first-order valence-corrected chi connectivity index (χ1v) is 9.13. The van der Waals surface area contributed by atoms with Crippen LogP contribution in [0.2, 0.25) is 5.02 Å². The molecular formula is C22H17ClF3NO2. The number of carbonyl (C=O) groups excluding carboxylic acids is 1. The maximum absolute atomic E-state index is 12.7. The number of hydrogen-bond acceptors (Lipinski definition) is 3. The average molecular weight is 420 g/mol. The number of ketones is 1. The van der Waals surface area contributed by atoms with Crippen LogP contribution in [-0.4, -0.2) is 17.4 Å². The second kappa shape index (κ2) is 8.66. The summed E-state index contributed by atoms with van der Waals surface area (Å²) in [6, 6.07) is 15.0. The molecule has 0 atom stereocenters. The molecule has 7 heteroatoms. The van der Waals surface area contributed by atoms with Gasteiger partial charge in [0.2, 0.25) is 0 Å². The van der Waals surface area contributed by atoms with Gasteiger partial charge in [0.25, 0.3) is 0 Å². The van der Waals surface area contributed by atoms with E-state index in [1.165, 1.54) is 0 Å². The zero-order valence-electron chi connectivity index (χ0n) is 15.5. The molecule has 0 unspecified atom stereocenters. The molecule has 0 aliphatic heterocycles. The van der Waals surface area contributed by atoms with Crippen molar-refractivity contribution >= 4 is 17.4 Å². The summed E-state index contributed by atoms with van der Waals surface area (Å²) in [4.78, 5) is 16.0. The third-order valence-electron chi connectivity index (χ3n) is 4.28. The van der Waals surface area contributed by atoms with E-state index >= 15 is 0 Å². The van der Waals surface area contributed by atoms with Gasteiger partial charge >= 0.3 is 6.18 Å². The first-order chi connectivity index (χ1) is 13.7. The maximum Gasteiger partial charge on any atom is 0.417 e. The summed E-state index contributed by atoms with van der Waals surface area (Å²) in [7, 11) is 0. The Morgan fingerprint density at radius 2 is 1.72 bits per heavy atom. The maximum atomic E-state index is 12.7. The summed E-state index contributed by atoms with van der Waals surface area (Å²) in [5, 5.41) is -0.0381. The van der Waals surface area contributed by atoms with Gasteiger partial charge in [0.1, 0.15) is 5.75 Å². The first kappa shape index (κ1) is 20.9. The van der Waals surface area contributed by atoms with Crippen LogP contribution in [0.5, 0.6) is 5.75 Å². The van der Waals surface area contributed by atoms with Crippen molar-refractivity contribution in [2.75, 3.05) is 6.61 Å². The fourth-order valence-corrected chi connectivity index (χ4v) is 2.85. The van der Waals surface area contributed by atoms with Crippen molar-refractivity contribution < 1.29 is 22.7 Å². The zero-order valence-corrected chi connectivity index (χ0v) is 16.2. The van der Waals surface area contributed by atoms with Crippen molar-refractivity contribution in [2.45, 2.75) is 19.5 Å². The predicted octanol–water partition coefficient (Wildman–Crippen LogP) is 5.91. The second-order valence-electron chi connectivity index (χ2n) is 6.55. The number of nitrogens with zero attached hydrogens (tertiary/aromatic N) is 1. The highest BCUT2D eigenvalue weighted by atomic mass is 35.5. The molecule has 1 aromatic heterocycles. The van der Waals surface area contributed by atoms with E-state index in [4.69, 9.17) is 16.3 Å². The van der Waals surface area contributed by atoms with Crippen LogP contribution in [0, 0.1) is 6.92 Å². The van der Waals surface area contributed by atoms with Crippen LogP contribution in [0.15, 0.2) is 60.8 Å². The lowest BCUT2D eigenvalue weighted by molar-refractivity contribution is -0.137. The van der Waals surface area contributed by atoms with E-state index in [-0.39, 0.29) is 23.8 Å². The molecule has 0 aliphatic carbocycles. The lowest BCUT2D eigenvalue weighted by atomic mass is 10.1. The number of aryl methyl sites for hydroxylation is 1. The van der Waals surface area contributed by atoms with Crippen LogP contribution < -0.4 is 4.74 Å². The van der Waals surface area contributed by atoms with Crippen molar-refractivity contribution in [2.24, 2.45) is 0 Å². The largest absolute Gasteiger partial charge is 0.485 e. The Balaban J connectivity index is 1.60. The Morgan fingerprint density at radius 1 is 1.07 bits per heavy atom. The summed E-state index contributed by atoms with van der Waals surface area (Å²) in [6.45, 7) is 1.86. The number of ether oxygens (including phenoxy) is 1. The van der Waals surface area contributed by atoms with Gasteiger partial charge in [-0.2, -0.15) is 13.2 Å². The zero-order chi connectivity index (χ0) is 21.0. The molecule has 2 aromatic carbocycles. The van der Waals surface area contributed by atoms with Gasteiger partial charge in [-0.05, 0) is 30.7 Å². The van der Waals surface area contributed by atoms with Gasteiger partial charge in [-0.1, -0.05) is 53.6 Å². The lowest BCUT2D eigenvalue weighted by Gasteiger charge is -2.10. The van der Waals surface area contributed by atoms with Crippen LogP contribution >= 0.6 is 11.6 Å². The standard InChI is InChI=1S/C22H17ClF3NO2/c1-14-2-6-16(7-3-14)21(28)13-29-18-8-4-15(5-9-18)10-20-19(23)11-17(12-27-20)22(24,25)26/h2-9,11-12H,10,13H2,1H3. The van der Waals surface area contributed by atoms with E-state index in [9.17, 15) is 18.0 Å². The highest BCUT2D eigenvalue weighted by Crippen LogP contribution is 2.31. The molecule has 1 heterocycles. The smallest absolute Gasteiger partial charge is 0.417 e. The third kappa shape index (κ3) is 5.57. The molecule has 0 fully saturated rings. The van der Waals surface area contributed by atoms with Gasteiger partial charge in [-0.25, -0.2) is 0 Å². The van der Waals surface area contributed by atoms with Crippen LogP contribution in [0.1, 0.15) is 32.7 Å². The fraction of sp³-hybridized carbons (Fsp3) is 0.182. The lowest BCUT2D eigenvalue weighted by Crippen LogP contribution is -2.11. The molecule has 0 saturated carbocycles. The molecular weight excluding hydrogens is 403 g/mol. The number of aromatic nitrogens is 1. The Bertz CT molecular complexity index is 1000. The molecule has 0 amide bonds. The van der Waals surface area contributed by atoms with Gasteiger partial charge in [-0.15, -0.1) is 0 Å². The van der Waals surface area contributed by atoms with Crippen molar-refractivity contribution in [3.63, 3.8) is 0 Å². The number of carbonyl (C=O) groups is 1. The van der Waals surface area contributed by atoms with Gasteiger partial charge in [-0.3, -0.25) is 9.78 Å². The fourth-order valence-electron chi connectivity index (χ4n) is 2.62. The molecule has 0 bridgehead atoms. The monoisotopic (exact) mass is 419 g/mol. The van der Waals surface area contributed by atoms with Gasteiger partial charge < -0.3 is 4.74 Å². The average Bonchev–Trinajstić information content (AvgIpc) is 2.68. The van der Waals surface area contributed by atoms with Crippen LogP contribution in [-0.2, 0) is 12.6 Å². The molecule has 0 N–H and O–H groups in total. The van der Waals surface area contributed by atoms with Crippen molar-refractivity contribution in [1.82, 2.24) is 4.98 Å². The van der Waals surface area contributed by atoms with Crippen molar-refractivity contribution in [3.05, 3.63) is 93.8 Å². The van der Waals surface area contributed by atoms with E-state index in [1.54, 1.807) is 36.4 Å². The molecule has 3 aromatic rings. The summed E-state index contributed by atoms with van der Waals surface area (Å²) in [5.41, 5.74) is 1.92. The molecule has 3 nitrogen and oxygen atoms in total. The van der Waals surface area contributed by atoms with Crippen LogP contribution in [0.25, 0.3) is 0 Å². The highest BCUT2D eigenvalue weighted by Gasteiger charge is 2.31. The highest BCUT2D eigenvalue weighted by molar-refractivity contribution is 6.31. The normalized spacial score (nSPS) is 11.3. The Kier molecular flexibility index (Phi) is 6.23. The van der Waals surface area contributed by atoms with Crippen LogP contribution in [0.3, 0.4) is 0 Å². The molecule has 0 spiro atoms. The quantitative estimate of drug-likeness (QED) is 0.466. The summed E-state index contributed by atoms with van der Waals surface area (Å²) < 4.78 is 43.6. The minimum Gasteiger partial charge on any atom is -0.485 e. The predicted molar refractivity (Wildman–Crippen MR) is 105 cm³/mol. The van der Waals surface area contributed by atoms with Gasteiger partial charge in [0.15, 0.2) is 12.4 Å².